The molecule has 0 aliphatic heterocycles. The first-order valence-corrected chi connectivity index (χ1v) is 24.7. The molecule has 0 fully saturated rings. The molecule has 0 unspecified atom stereocenters. The van der Waals surface area contributed by atoms with Crippen LogP contribution in [0.25, 0.3) is 76.5 Å². The molecule has 0 radical (unpaired) electrons. The third kappa shape index (κ3) is 7.42. The van der Waals surface area contributed by atoms with Crippen LogP contribution in [0.1, 0.15) is 0 Å². The third-order valence-corrected chi connectivity index (χ3v) is 14.1. The zero-order valence-electron chi connectivity index (χ0n) is 39.6. The van der Waals surface area contributed by atoms with E-state index in [1.165, 1.54) is 5.39 Å². The van der Waals surface area contributed by atoms with Gasteiger partial charge in [-0.15, -0.1) is 0 Å². The van der Waals surface area contributed by atoms with Gasteiger partial charge >= 0.3 is 0 Å². The smallest absolute Gasteiger partial charge is 0.137 e. The molecule has 14 aromatic rings. The van der Waals surface area contributed by atoms with Gasteiger partial charge in [-0.25, -0.2) is 0 Å². The minimum absolute atomic E-state index is 0.834. The Kier molecular flexibility index (Phi) is 10.1. The van der Waals surface area contributed by atoms with Crippen molar-refractivity contribution in [3.63, 3.8) is 0 Å². The Labute approximate surface area is 422 Å². The maximum atomic E-state index is 6.56. The van der Waals surface area contributed by atoms with Crippen LogP contribution in [-0.2, 0) is 0 Å². The fourth-order valence-corrected chi connectivity index (χ4v) is 10.8. The summed E-state index contributed by atoms with van der Waals surface area (Å²) < 4.78 is 12.9. The summed E-state index contributed by atoms with van der Waals surface area (Å²) in [6.07, 6.45) is 0. The van der Waals surface area contributed by atoms with Gasteiger partial charge in [0, 0.05) is 78.7 Å². The average Bonchev–Trinajstić information content (AvgIpc) is 4.02. The molecule has 5 heteroatoms. The van der Waals surface area contributed by atoms with Crippen molar-refractivity contribution in [1.82, 2.24) is 0 Å². The topological polar surface area (TPSA) is 36.0 Å². The van der Waals surface area contributed by atoms with Gasteiger partial charge in [0.15, 0.2) is 0 Å². The molecule has 0 bridgehead atoms. The third-order valence-electron chi connectivity index (χ3n) is 14.1. The molecule has 0 saturated heterocycles. The van der Waals surface area contributed by atoms with Gasteiger partial charge in [0.2, 0.25) is 0 Å². The van der Waals surface area contributed by atoms with E-state index in [9.17, 15) is 0 Å². The van der Waals surface area contributed by atoms with E-state index in [0.29, 0.717) is 0 Å². The molecule has 0 atom stereocenters. The standard InChI is InChI=1S/C68H45N3O2/c1-4-18-46(19-5-1)57-28-10-13-31-64(57)71(56-38-39-60-58-29-11-14-32-65(58)73-68(60)44-56)54-27-17-26-53(42-54)70(52-25-16-24-51(41-52)69(49-20-6-2-7-21-49)50-22-8-3-9-23-50)55-37-36-47-34-35-48-40-67-63(45-62(48)61(47)43-55)59-30-12-15-33-66(59)72-67/h1-45H. The molecular formula is C68H45N3O2. The molecular weight excluding hydrogens is 891 g/mol. The number of rotatable bonds is 10. The second kappa shape index (κ2) is 17.5. The predicted molar refractivity (Wildman–Crippen MR) is 305 cm³/mol. The van der Waals surface area contributed by atoms with E-state index in [2.05, 4.69) is 263 Å². The van der Waals surface area contributed by atoms with Crippen LogP contribution in [0.5, 0.6) is 0 Å². The highest BCUT2D eigenvalue weighted by Crippen LogP contribution is 2.47. The molecule has 73 heavy (non-hydrogen) atoms. The normalized spacial score (nSPS) is 11.6. The molecule has 2 aromatic heterocycles. The Bertz CT molecular complexity index is 4310. The first-order chi connectivity index (χ1) is 36.2. The van der Waals surface area contributed by atoms with Crippen molar-refractivity contribution in [3.05, 3.63) is 273 Å². The molecule has 0 N–H and O–H groups in total. The van der Waals surface area contributed by atoms with Crippen molar-refractivity contribution in [2.45, 2.75) is 0 Å². The second-order valence-corrected chi connectivity index (χ2v) is 18.5. The minimum atomic E-state index is 0.834. The van der Waals surface area contributed by atoms with Crippen LogP contribution in [0.2, 0.25) is 0 Å². The van der Waals surface area contributed by atoms with Crippen molar-refractivity contribution in [1.29, 1.82) is 0 Å². The van der Waals surface area contributed by atoms with E-state index in [0.717, 1.165) is 122 Å². The Morgan fingerprint density at radius 2 is 0.658 bits per heavy atom. The number of hydrogen-bond donors (Lipinski definition) is 0. The van der Waals surface area contributed by atoms with Gasteiger partial charge in [-0.3, -0.25) is 0 Å². The summed E-state index contributed by atoms with van der Waals surface area (Å²) in [4.78, 5) is 7.09. The molecule has 2 heterocycles. The predicted octanol–water partition coefficient (Wildman–Crippen LogP) is 19.9. The molecule has 5 nitrogen and oxygen atoms in total. The highest BCUT2D eigenvalue weighted by molar-refractivity contribution is 6.17. The van der Waals surface area contributed by atoms with Gasteiger partial charge in [0.05, 0.1) is 5.69 Å². The lowest BCUT2D eigenvalue weighted by Gasteiger charge is -2.31. The van der Waals surface area contributed by atoms with Crippen LogP contribution in [-0.4, -0.2) is 0 Å². The molecule has 0 amide bonds. The summed E-state index contributed by atoms with van der Waals surface area (Å²) in [6, 6.07) is 97.3. The Morgan fingerprint density at radius 1 is 0.219 bits per heavy atom. The molecule has 0 aliphatic carbocycles. The van der Waals surface area contributed by atoms with Crippen LogP contribution < -0.4 is 14.7 Å². The number of para-hydroxylation sites is 5. The van der Waals surface area contributed by atoms with Crippen LogP contribution in [0.3, 0.4) is 0 Å². The van der Waals surface area contributed by atoms with Crippen LogP contribution in [0, 0.1) is 0 Å². The zero-order valence-corrected chi connectivity index (χ0v) is 39.6. The van der Waals surface area contributed by atoms with Gasteiger partial charge in [0.25, 0.3) is 0 Å². The van der Waals surface area contributed by atoms with Crippen LogP contribution in [0.15, 0.2) is 282 Å². The average molecular weight is 936 g/mol. The van der Waals surface area contributed by atoms with Gasteiger partial charge in [0.1, 0.15) is 22.3 Å². The second-order valence-electron chi connectivity index (χ2n) is 18.5. The van der Waals surface area contributed by atoms with Gasteiger partial charge in [-0.2, -0.15) is 0 Å². The van der Waals surface area contributed by atoms with Crippen LogP contribution in [0.4, 0.5) is 51.2 Å². The van der Waals surface area contributed by atoms with Crippen molar-refractivity contribution in [2.75, 3.05) is 14.7 Å². The lowest BCUT2D eigenvalue weighted by molar-refractivity contribution is 0.669. The van der Waals surface area contributed by atoms with Crippen LogP contribution >= 0.6 is 0 Å². The highest BCUT2D eigenvalue weighted by Gasteiger charge is 2.23. The summed E-state index contributed by atoms with van der Waals surface area (Å²) in [5.74, 6) is 0. The number of hydrogen-bond acceptors (Lipinski definition) is 5. The first-order valence-electron chi connectivity index (χ1n) is 24.7. The van der Waals surface area contributed by atoms with E-state index >= 15 is 0 Å². The van der Waals surface area contributed by atoms with E-state index < -0.39 is 0 Å². The molecule has 14 rings (SSSR count). The summed E-state index contributed by atoms with van der Waals surface area (Å²) in [6.45, 7) is 0. The van der Waals surface area contributed by atoms with Crippen molar-refractivity contribution in [2.24, 2.45) is 0 Å². The maximum Gasteiger partial charge on any atom is 0.137 e. The van der Waals surface area contributed by atoms with E-state index in [1.807, 2.05) is 24.3 Å². The number of furan rings is 2. The van der Waals surface area contributed by atoms with Gasteiger partial charge in [-0.05, 0) is 142 Å². The Hall–Kier alpha value is -9.84. The highest BCUT2D eigenvalue weighted by atomic mass is 16.3. The summed E-state index contributed by atoms with van der Waals surface area (Å²) in [7, 11) is 0. The monoisotopic (exact) mass is 935 g/mol. The number of fused-ring (bicyclic) bond motifs is 9. The maximum absolute atomic E-state index is 6.56. The van der Waals surface area contributed by atoms with E-state index in [-0.39, 0.29) is 0 Å². The van der Waals surface area contributed by atoms with E-state index in [1.54, 1.807) is 0 Å². The van der Waals surface area contributed by atoms with Crippen molar-refractivity contribution < 1.29 is 8.83 Å². The Morgan fingerprint density at radius 3 is 1.33 bits per heavy atom. The quantitative estimate of drug-likeness (QED) is 0.128. The van der Waals surface area contributed by atoms with Crippen molar-refractivity contribution >= 4 is 117 Å². The lowest BCUT2D eigenvalue weighted by Crippen LogP contribution is -2.15. The zero-order chi connectivity index (χ0) is 48.2. The first kappa shape index (κ1) is 42.1. The SMILES string of the molecule is c1ccc(-c2ccccc2N(c2cccc(N(c3cccc(N(c4ccccc4)c4ccccc4)c3)c3ccc4ccc5cc6oc7ccccc7c6cc5c4c3)c2)c2ccc3c(c2)oc2ccccc23)cc1. The largest absolute Gasteiger partial charge is 0.456 e. The summed E-state index contributed by atoms with van der Waals surface area (Å²) >= 11 is 0. The molecule has 0 spiro atoms. The molecule has 0 aliphatic rings. The van der Waals surface area contributed by atoms with Gasteiger partial charge < -0.3 is 23.5 Å². The summed E-state index contributed by atoms with van der Waals surface area (Å²) in [5, 5.41) is 9.03. The fourth-order valence-electron chi connectivity index (χ4n) is 10.8. The van der Waals surface area contributed by atoms with Gasteiger partial charge in [-0.1, -0.05) is 152 Å². The van der Waals surface area contributed by atoms with E-state index in [4.69, 9.17) is 8.83 Å². The minimum Gasteiger partial charge on any atom is -0.456 e. The number of nitrogens with zero attached hydrogens (tertiary/aromatic N) is 3. The fraction of sp³-hybridized carbons (Fsp3) is 0. The Balaban J connectivity index is 0.993. The molecule has 12 aromatic carbocycles. The number of anilines is 9. The summed E-state index contributed by atoms with van der Waals surface area (Å²) in [5.41, 5.74) is 15.0. The van der Waals surface area contributed by atoms with Crippen molar-refractivity contribution in [3.8, 4) is 11.1 Å². The molecule has 344 valence electrons. The molecule has 0 saturated carbocycles. The number of benzene rings is 12. The lowest BCUT2D eigenvalue weighted by atomic mass is 9.98.